The van der Waals surface area contributed by atoms with E-state index in [1.54, 1.807) is 24.3 Å². The van der Waals surface area contributed by atoms with Crippen LogP contribution in [0, 0.1) is 6.92 Å². The number of thiophene rings is 1. The molecule has 110 valence electrons. The number of carbonyl (C=O) groups excluding carboxylic acids is 2. The van der Waals surface area contributed by atoms with Crippen LogP contribution >= 0.6 is 27.3 Å². The molecule has 1 heterocycles. The summed E-state index contributed by atoms with van der Waals surface area (Å²) in [7, 11) is 0. The van der Waals surface area contributed by atoms with E-state index in [4.69, 9.17) is 0 Å². The third kappa shape index (κ3) is 3.92. The molecule has 2 aromatic rings. The lowest BCUT2D eigenvalue weighted by Crippen LogP contribution is -2.22. The topological polar surface area (TPSA) is 58.2 Å². The molecule has 0 aliphatic carbocycles. The van der Waals surface area contributed by atoms with Gasteiger partial charge in [0, 0.05) is 17.8 Å². The van der Waals surface area contributed by atoms with Crippen molar-refractivity contribution < 1.29 is 9.59 Å². The van der Waals surface area contributed by atoms with Crippen LogP contribution < -0.4 is 10.6 Å². The molecular weight excluding hydrogens is 352 g/mol. The molecule has 0 spiro atoms. The van der Waals surface area contributed by atoms with Gasteiger partial charge in [-0.1, -0.05) is 0 Å². The number of rotatable bonds is 4. The molecule has 0 bridgehead atoms. The van der Waals surface area contributed by atoms with Crippen molar-refractivity contribution in [3.8, 4) is 0 Å². The van der Waals surface area contributed by atoms with Gasteiger partial charge in [0.25, 0.3) is 11.8 Å². The third-order valence-electron chi connectivity index (χ3n) is 2.87. The summed E-state index contributed by atoms with van der Waals surface area (Å²) in [6, 6.07) is 8.83. The van der Waals surface area contributed by atoms with E-state index < -0.39 is 0 Å². The first kappa shape index (κ1) is 15.7. The summed E-state index contributed by atoms with van der Waals surface area (Å²) in [5.74, 6) is -0.264. The van der Waals surface area contributed by atoms with E-state index in [0.29, 0.717) is 22.7 Å². The van der Waals surface area contributed by atoms with Crippen LogP contribution in [0.25, 0.3) is 0 Å². The van der Waals surface area contributed by atoms with Gasteiger partial charge in [-0.2, -0.15) is 0 Å². The molecule has 0 saturated heterocycles. The van der Waals surface area contributed by atoms with E-state index in [9.17, 15) is 9.59 Å². The van der Waals surface area contributed by atoms with E-state index in [1.807, 2.05) is 19.9 Å². The van der Waals surface area contributed by atoms with Crippen molar-refractivity contribution >= 4 is 44.8 Å². The summed E-state index contributed by atoms with van der Waals surface area (Å²) in [6.07, 6.45) is 0. The largest absolute Gasteiger partial charge is 0.352 e. The summed E-state index contributed by atoms with van der Waals surface area (Å²) < 4.78 is 0.913. The SMILES string of the molecule is CCNC(=O)c1ccc(NC(=O)c2ccc(Br)s2)c(C)c1. The zero-order valence-electron chi connectivity index (χ0n) is 11.7. The maximum atomic E-state index is 12.1. The number of halogens is 1. The number of benzene rings is 1. The molecule has 0 radical (unpaired) electrons. The van der Waals surface area contributed by atoms with E-state index in [-0.39, 0.29) is 11.8 Å². The number of carbonyl (C=O) groups is 2. The molecule has 6 heteroatoms. The number of nitrogens with one attached hydrogen (secondary N) is 2. The van der Waals surface area contributed by atoms with Gasteiger partial charge in [0.1, 0.15) is 0 Å². The normalized spacial score (nSPS) is 10.2. The maximum Gasteiger partial charge on any atom is 0.265 e. The molecule has 1 aromatic carbocycles. The van der Waals surface area contributed by atoms with Crippen molar-refractivity contribution in [1.29, 1.82) is 0 Å². The van der Waals surface area contributed by atoms with Gasteiger partial charge in [-0.25, -0.2) is 0 Å². The molecular formula is C15H15BrN2O2S. The highest BCUT2D eigenvalue weighted by Crippen LogP contribution is 2.24. The second-order valence-corrected chi connectivity index (χ2v) is 6.91. The van der Waals surface area contributed by atoms with Crippen molar-refractivity contribution in [2.24, 2.45) is 0 Å². The summed E-state index contributed by atoms with van der Waals surface area (Å²) in [5.41, 5.74) is 2.14. The Bertz CT molecular complexity index is 682. The molecule has 0 unspecified atom stereocenters. The fraction of sp³-hybridized carbons (Fsp3) is 0.200. The zero-order chi connectivity index (χ0) is 15.4. The quantitative estimate of drug-likeness (QED) is 0.863. The summed E-state index contributed by atoms with van der Waals surface area (Å²) in [5, 5.41) is 5.60. The molecule has 4 nitrogen and oxygen atoms in total. The van der Waals surface area contributed by atoms with Gasteiger partial charge in [-0.15, -0.1) is 11.3 Å². The highest BCUT2D eigenvalue weighted by Gasteiger charge is 2.11. The average Bonchev–Trinajstić information content (AvgIpc) is 2.88. The number of anilines is 1. The van der Waals surface area contributed by atoms with Gasteiger partial charge in [0.2, 0.25) is 0 Å². The number of hydrogen-bond acceptors (Lipinski definition) is 3. The van der Waals surface area contributed by atoms with Crippen LogP contribution in [0.5, 0.6) is 0 Å². The van der Waals surface area contributed by atoms with Crippen LogP contribution in [0.3, 0.4) is 0 Å². The Morgan fingerprint density at radius 2 is 1.95 bits per heavy atom. The van der Waals surface area contributed by atoms with Crippen LogP contribution in [0.15, 0.2) is 34.1 Å². The van der Waals surface area contributed by atoms with Gasteiger partial charge in [0.15, 0.2) is 0 Å². The lowest BCUT2D eigenvalue weighted by molar-refractivity contribution is 0.0955. The molecule has 0 fully saturated rings. The van der Waals surface area contributed by atoms with Gasteiger partial charge in [-0.05, 0) is 65.7 Å². The minimum Gasteiger partial charge on any atom is -0.352 e. The molecule has 2 rings (SSSR count). The van der Waals surface area contributed by atoms with Gasteiger partial charge < -0.3 is 10.6 Å². The molecule has 0 aliphatic rings. The maximum absolute atomic E-state index is 12.1. The van der Waals surface area contributed by atoms with Crippen molar-refractivity contribution in [3.63, 3.8) is 0 Å². The first-order valence-corrected chi connectivity index (χ1v) is 8.07. The van der Waals surface area contributed by atoms with E-state index in [0.717, 1.165) is 9.35 Å². The van der Waals surface area contributed by atoms with Crippen LogP contribution in [-0.2, 0) is 0 Å². The smallest absolute Gasteiger partial charge is 0.265 e. The van der Waals surface area contributed by atoms with Crippen molar-refractivity contribution in [3.05, 3.63) is 50.1 Å². The van der Waals surface area contributed by atoms with E-state index >= 15 is 0 Å². The molecule has 0 aliphatic heterocycles. The molecule has 0 atom stereocenters. The Kier molecular flexibility index (Phi) is 5.14. The lowest BCUT2D eigenvalue weighted by Gasteiger charge is -2.09. The Balaban J connectivity index is 2.14. The van der Waals surface area contributed by atoms with Crippen molar-refractivity contribution in [2.75, 3.05) is 11.9 Å². The fourth-order valence-corrected chi connectivity index (χ4v) is 3.11. The predicted octanol–water partition coefficient (Wildman–Crippen LogP) is 3.82. The molecule has 0 saturated carbocycles. The number of aryl methyl sites for hydroxylation is 1. The highest BCUT2D eigenvalue weighted by atomic mass is 79.9. The second kappa shape index (κ2) is 6.87. The van der Waals surface area contributed by atoms with E-state index in [1.165, 1.54) is 11.3 Å². The Morgan fingerprint density at radius 3 is 2.52 bits per heavy atom. The molecule has 1 aromatic heterocycles. The van der Waals surface area contributed by atoms with Crippen molar-refractivity contribution in [1.82, 2.24) is 5.32 Å². The lowest BCUT2D eigenvalue weighted by atomic mass is 10.1. The highest BCUT2D eigenvalue weighted by molar-refractivity contribution is 9.11. The van der Waals surface area contributed by atoms with Gasteiger partial charge in [-0.3, -0.25) is 9.59 Å². The molecule has 2 amide bonds. The minimum atomic E-state index is -0.153. The third-order valence-corrected chi connectivity index (χ3v) is 4.49. The monoisotopic (exact) mass is 366 g/mol. The Labute approximate surface area is 135 Å². The molecule has 21 heavy (non-hydrogen) atoms. The second-order valence-electron chi connectivity index (χ2n) is 4.45. The van der Waals surface area contributed by atoms with Crippen LogP contribution in [0.4, 0.5) is 5.69 Å². The fourth-order valence-electron chi connectivity index (χ4n) is 1.83. The first-order chi connectivity index (χ1) is 10.0. The summed E-state index contributed by atoms with van der Waals surface area (Å²) >= 11 is 4.71. The minimum absolute atomic E-state index is 0.110. The van der Waals surface area contributed by atoms with Crippen molar-refractivity contribution in [2.45, 2.75) is 13.8 Å². The van der Waals surface area contributed by atoms with E-state index in [2.05, 4.69) is 26.6 Å². The van der Waals surface area contributed by atoms with Gasteiger partial charge in [0.05, 0.1) is 8.66 Å². The standard InChI is InChI=1S/C15H15BrN2O2S/c1-3-17-14(19)10-4-5-11(9(2)8-10)18-15(20)12-6-7-13(16)21-12/h4-8H,3H2,1-2H3,(H,17,19)(H,18,20). The first-order valence-electron chi connectivity index (χ1n) is 6.46. The Morgan fingerprint density at radius 1 is 1.19 bits per heavy atom. The number of hydrogen-bond donors (Lipinski definition) is 2. The summed E-state index contributed by atoms with van der Waals surface area (Å²) in [4.78, 5) is 24.5. The average molecular weight is 367 g/mol. The van der Waals surface area contributed by atoms with Crippen LogP contribution in [-0.4, -0.2) is 18.4 Å². The van der Waals surface area contributed by atoms with Gasteiger partial charge >= 0.3 is 0 Å². The Hall–Kier alpha value is -1.66. The van der Waals surface area contributed by atoms with Crippen LogP contribution in [0.1, 0.15) is 32.5 Å². The summed E-state index contributed by atoms with van der Waals surface area (Å²) in [6.45, 7) is 4.32. The molecule has 2 N–H and O–H groups in total. The number of amides is 2. The predicted molar refractivity (Wildman–Crippen MR) is 89.2 cm³/mol. The van der Waals surface area contributed by atoms with Crippen LogP contribution in [0.2, 0.25) is 0 Å². The zero-order valence-corrected chi connectivity index (χ0v) is 14.1.